The predicted molar refractivity (Wildman–Crippen MR) is 73.0 cm³/mol. The minimum absolute atomic E-state index is 0.490. The molecule has 0 amide bonds. The van der Waals surface area contributed by atoms with Gasteiger partial charge in [-0.2, -0.15) is 0 Å². The highest BCUT2D eigenvalue weighted by atomic mass is 14.9. The molecule has 1 aliphatic carbocycles. The second-order valence-electron chi connectivity index (χ2n) is 4.72. The summed E-state index contributed by atoms with van der Waals surface area (Å²) in [5, 5.41) is 3.44. The van der Waals surface area contributed by atoms with Gasteiger partial charge in [-0.25, -0.2) is 0 Å². The summed E-state index contributed by atoms with van der Waals surface area (Å²) in [6, 6.07) is 9.38. The molecule has 1 aromatic rings. The Hall–Kier alpha value is -1.26. The van der Waals surface area contributed by atoms with Gasteiger partial charge in [-0.1, -0.05) is 24.3 Å². The van der Waals surface area contributed by atoms with Gasteiger partial charge < -0.3 is 5.32 Å². The van der Waals surface area contributed by atoms with E-state index in [-0.39, 0.29) is 0 Å². The zero-order valence-corrected chi connectivity index (χ0v) is 10.8. The van der Waals surface area contributed by atoms with E-state index in [1.807, 2.05) is 6.92 Å². The molecule has 2 rings (SSSR count). The van der Waals surface area contributed by atoms with Crippen LogP contribution in [0.25, 0.3) is 0 Å². The Morgan fingerprint density at radius 2 is 2.24 bits per heavy atom. The highest BCUT2D eigenvalue weighted by Crippen LogP contribution is 2.34. The van der Waals surface area contributed by atoms with E-state index in [0.29, 0.717) is 12.0 Å². The van der Waals surface area contributed by atoms with Crippen LogP contribution in [0.3, 0.4) is 0 Å². The van der Waals surface area contributed by atoms with Crippen molar-refractivity contribution in [3.05, 3.63) is 35.4 Å². The average Bonchev–Trinajstić information content (AvgIpc) is 2.40. The van der Waals surface area contributed by atoms with Crippen LogP contribution in [0.1, 0.15) is 43.2 Å². The highest BCUT2D eigenvalue weighted by Gasteiger charge is 2.25. The van der Waals surface area contributed by atoms with Crippen molar-refractivity contribution in [3.8, 4) is 11.8 Å². The van der Waals surface area contributed by atoms with E-state index in [2.05, 4.69) is 48.5 Å². The number of benzene rings is 1. The molecule has 1 nitrogen and oxygen atoms in total. The molecule has 0 aliphatic heterocycles. The molecule has 2 atom stereocenters. The quantitative estimate of drug-likeness (QED) is 0.782. The topological polar surface area (TPSA) is 12.0 Å². The Morgan fingerprint density at radius 3 is 3.00 bits per heavy atom. The van der Waals surface area contributed by atoms with E-state index < -0.39 is 0 Å². The number of nitrogens with one attached hydrogen (secondary N) is 1. The molecule has 2 unspecified atom stereocenters. The van der Waals surface area contributed by atoms with Crippen molar-refractivity contribution in [2.24, 2.45) is 0 Å². The summed E-state index contributed by atoms with van der Waals surface area (Å²) >= 11 is 0. The monoisotopic (exact) mass is 227 g/mol. The smallest absolute Gasteiger partial charge is 0.0249 e. The second-order valence-corrected chi connectivity index (χ2v) is 4.72. The van der Waals surface area contributed by atoms with E-state index in [9.17, 15) is 0 Å². The van der Waals surface area contributed by atoms with Crippen LogP contribution in [-0.2, 0) is 6.42 Å². The zero-order chi connectivity index (χ0) is 12.1. The summed E-state index contributed by atoms with van der Waals surface area (Å²) in [6.07, 6.45) is 4.78. The standard InChI is InChI=1S/C16H21N/c1-3-4-12-16(17-2)15-11-7-9-13-8-5-6-10-14(13)15/h5-6,8,10,15-17H,7,9,11-12H2,1-2H3. The summed E-state index contributed by atoms with van der Waals surface area (Å²) in [7, 11) is 2.05. The lowest BCUT2D eigenvalue weighted by Crippen LogP contribution is -2.33. The molecule has 0 bridgehead atoms. The molecule has 0 saturated heterocycles. The maximum Gasteiger partial charge on any atom is 0.0249 e. The van der Waals surface area contributed by atoms with Crippen molar-refractivity contribution < 1.29 is 0 Å². The Bertz CT molecular complexity index is 425. The van der Waals surface area contributed by atoms with Gasteiger partial charge in [-0.05, 0) is 44.4 Å². The molecule has 0 radical (unpaired) electrons. The molecule has 17 heavy (non-hydrogen) atoms. The third-order valence-electron chi connectivity index (χ3n) is 3.77. The highest BCUT2D eigenvalue weighted by molar-refractivity contribution is 5.34. The fourth-order valence-electron chi connectivity index (χ4n) is 2.87. The molecule has 0 aromatic heterocycles. The number of rotatable bonds is 3. The van der Waals surface area contributed by atoms with Gasteiger partial charge in [-0.3, -0.25) is 0 Å². The summed E-state index contributed by atoms with van der Waals surface area (Å²) in [4.78, 5) is 0. The zero-order valence-electron chi connectivity index (χ0n) is 10.8. The lowest BCUT2D eigenvalue weighted by atomic mass is 9.78. The van der Waals surface area contributed by atoms with Crippen molar-refractivity contribution in [1.82, 2.24) is 5.32 Å². The molecule has 1 heteroatoms. The number of aryl methyl sites for hydroxylation is 1. The predicted octanol–water partition coefficient (Wildman–Crippen LogP) is 3.11. The largest absolute Gasteiger partial charge is 0.315 e. The van der Waals surface area contributed by atoms with E-state index in [0.717, 1.165) is 6.42 Å². The van der Waals surface area contributed by atoms with Crippen LogP contribution in [0.15, 0.2) is 24.3 Å². The molecule has 1 aromatic carbocycles. The minimum Gasteiger partial charge on any atom is -0.315 e. The summed E-state index contributed by atoms with van der Waals surface area (Å²) < 4.78 is 0. The molecular formula is C16H21N. The van der Waals surface area contributed by atoms with Crippen LogP contribution in [-0.4, -0.2) is 13.1 Å². The molecular weight excluding hydrogens is 206 g/mol. The molecule has 0 heterocycles. The van der Waals surface area contributed by atoms with Crippen LogP contribution in [0.2, 0.25) is 0 Å². The van der Waals surface area contributed by atoms with Crippen molar-refractivity contribution in [1.29, 1.82) is 0 Å². The normalized spacial score (nSPS) is 20.0. The lowest BCUT2D eigenvalue weighted by Gasteiger charge is -2.31. The third kappa shape index (κ3) is 2.70. The Labute approximate surface area is 105 Å². The summed E-state index contributed by atoms with van der Waals surface area (Å²) in [5.41, 5.74) is 3.07. The van der Waals surface area contributed by atoms with Crippen molar-refractivity contribution in [3.63, 3.8) is 0 Å². The van der Waals surface area contributed by atoms with Crippen molar-refractivity contribution >= 4 is 0 Å². The van der Waals surface area contributed by atoms with Crippen LogP contribution < -0.4 is 5.32 Å². The van der Waals surface area contributed by atoms with Gasteiger partial charge in [0.1, 0.15) is 0 Å². The van der Waals surface area contributed by atoms with E-state index in [1.54, 1.807) is 0 Å². The maximum absolute atomic E-state index is 3.44. The average molecular weight is 227 g/mol. The second kappa shape index (κ2) is 5.89. The molecule has 90 valence electrons. The Balaban J connectivity index is 2.23. The van der Waals surface area contributed by atoms with Crippen LogP contribution >= 0.6 is 0 Å². The van der Waals surface area contributed by atoms with Gasteiger partial charge in [0.25, 0.3) is 0 Å². The SMILES string of the molecule is CC#CCC(NC)C1CCCc2ccccc21. The summed E-state index contributed by atoms with van der Waals surface area (Å²) in [5.74, 6) is 6.85. The van der Waals surface area contributed by atoms with Gasteiger partial charge in [0.15, 0.2) is 0 Å². The molecule has 0 fully saturated rings. The first-order valence-electron chi connectivity index (χ1n) is 6.51. The molecule has 1 aliphatic rings. The van der Waals surface area contributed by atoms with E-state index in [1.165, 1.54) is 30.4 Å². The Kier molecular flexibility index (Phi) is 4.23. The number of hydrogen-bond acceptors (Lipinski definition) is 1. The summed E-state index contributed by atoms with van der Waals surface area (Å²) in [6.45, 7) is 1.92. The van der Waals surface area contributed by atoms with Crippen molar-refractivity contribution in [2.75, 3.05) is 7.05 Å². The van der Waals surface area contributed by atoms with E-state index in [4.69, 9.17) is 0 Å². The number of fused-ring (bicyclic) bond motifs is 1. The van der Waals surface area contributed by atoms with E-state index >= 15 is 0 Å². The first kappa shape index (κ1) is 12.2. The molecule has 0 saturated carbocycles. The number of likely N-dealkylation sites (N-methyl/N-ethyl adjacent to an activating group) is 1. The Morgan fingerprint density at radius 1 is 1.41 bits per heavy atom. The lowest BCUT2D eigenvalue weighted by molar-refractivity contribution is 0.419. The minimum atomic E-state index is 0.490. The van der Waals surface area contributed by atoms with Crippen LogP contribution in [0.4, 0.5) is 0 Å². The molecule has 1 N–H and O–H groups in total. The van der Waals surface area contributed by atoms with Gasteiger partial charge in [-0.15, -0.1) is 11.8 Å². The van der Waals surface area contributed by atoms with Gasteiger partial charge >= 0.3 is 0 Å². The molecule has 0 spiro atoms. The van der Waals surface area contributed by atoms with Crippen LogP contribution in [0, 0.1) is 11.8 Å². The van der Waals surface area contributed by atoms with Crippen LogP contribution in [0.5, 0.6) is 0 Å². The van der Waals surface area contributed by atoms with Crippen molar-refractivity contribution in [2.45, 2.75) is 44.6 Å². The van der Waals surface area contributed by atoms with Gasteiger partial charge in [0, 0.05) is 18.4 Å². The number of hydrogen-bond donors (Lipinski definition) is 1. The van der Waals surface area contributed by atoms with Gasteiger partial charge in [0.2, 0.25) is 0 Å². The fourth-order valence-corrected chi connectivity index (χ4v) is 2.87. The van der Waals surface area contributed by atoms with Gasteiger partial charge in [0.05, 0.1) is 0 Å². The first-order chi connectivity index (χ1) is 8.36. The first-order valence-corrected chi connectivity index (χ1v) is 6.51. The third-order valence-corrected chi connectivity index (χ3v) is 3.77. The maximum atomic E-state index is 3.44. The fraction of sp³-hybridized carbons (Fsp3) is 0.500.